The van der Waals surface area contributed by atoms with E-state index in [9.17, 15) is 0 Å². The first kappa shape index (κ1) is 27.6. The number of hydrogen-bond acceptors (Lipinski definition) is 10. The first-order valence-electron chi connectivity index (χ1n) is 11.1. The summed E-state index contributed by atoms with van der Waals surface area (Å²) in [4.78, 5) is 6.31. The molecule has 5 rings (SSSR count). The maximum atomic E-state index is 5.64. The minimum Gasteiger partial charge on any atom is -0.399 e. The monoisotopic (exact) mass is 512 g/mol. The van der Waals surface area contributed by atoms with Gasteiger partial charge in [-0.3, -0.25) is 0 Å². The summed E-state index contributed by atoms with van der Waals surface area (Å²) in [6, 6.07) is 16.7. The standard InChI is InChI=1S/C8H12N2S.C7H10N2.C6H8N2.C4H6N2S/c9-7-3-4-8(11-7)10-5-1-2-6-10;1-5-4-6(8)2-3-7(5)9;7-5-1-2-6(8)4-3-5;1-3-2-7-4(5)6-3/h3-4H,1-2,5-6,9H2;2-4H,8-9H2,1H3;1-4H,7-8H2;2H,1H3,(H2,5,6). The van der Waals surface area contributed by atoms with Crippen LogP contribution in [0.25, 0.3) is 0 Å². The molecule has 10 heteroatoms. The highest BCUT2D eigenvalue weighted by atomic mass is 32.1. The van der Waals surface area contributed by atoms with Crippen LogP contribution in [-0.4, -0.2) is 18.1 Å². The van der Waals surface area contributed by atoms with E-state index in [1.807, 2.05) is 37.4 Å². The average Bonchev–Trinajstić information content (AvgIpc) is 3.57. The van der Waals surface area contributed by atoms with Gasteiger partial charge in [0.1, 0.15) is 0 Å². The van der Waals surface area contributed by atoms with Crippen molar-refractivity contribution < 1.29 is 0 Å². The van der Waals surface area contributed by atoms with E-state index in [0.29, 0.717) is 5.13 Å². The van der Waals surface area contributed by atoms with Gasteiger partial charge in [-0.2, -0.15) is 0 Å². The summed E-state index contributed by atoms with van der Waals surface area (Å²) in [5.41, 5.74) is 37.8. The Morgan fingerprint density at radius 3 is 1.69 bits per heavy atom. The Labute approximate surface area is 215 Å². The Bertz CT molecular complexity index is 1110. The fourth-order valence-electron chi connectivity index (χ4n) is 3.02. The Hall–Kier alpha value is -3.63. The molecule has 0 saturated carbocycles. The summed E-state index contributed by atoms with van der Waals surface area (Å²) < 4.78 is 0. The molecule has 3 heterocycles. The van der Waals surface area contributed by atoms with Crippen LogP contribution >= 0.6 is 22.7 Å². The van der Waals surface area contributed by atoms with Crippen molar-refractivity contribution in [1.82, 2.24) is 4.98 Å². The zero-order chi connectivity index (χ0) is 25.8. The first-order chi connectivity index (χ1) is 16.6. The third kappa shape index (κ3) is 10.4. The van der Waals surface area contributed by atoms with Gasteiger partial charge in [-0.15, -0.1) is 22.7 Å². The average molecular weight is 513 g/mol. The van der Waals surface area contributed by atoms with E-state index in [0.717, 1.165) is 39.0 Å². The minimum absolute atomic E-state index is 0.650. The van der Waals surface area contributed by atoms with E-state index in [-0.39, 0.29) is 0 Å². The van der Waals surface area contributed by atoms with Gasteiger partial charge in [0.2, 0.25) is 0 Å². The van der Waals surface area contributed by atoms with Crippen molar-refractivity contribution in [3.63, 3.8) is 0 Å². The van der Waals surface area contributed by atoms with Gasteiger partial charge < -0.3 is 39.3 Å². The highest BCUT2D eigenvalue weighted by Crippen LogP contribution is 2.29. The maximum Gasteiger partial charge on any atom is 0.180 e. The number of thiazole rings is 1. The Morgan fingerprint density at radius 1 is 0.743 bits per heavy atom. The molecule has 0 amide bonds. The molecule has 2 aromatic heterocycles. The maximum absolute atomic E-state index is 5.64. The molecule has 35 heavy (non-hydrogen) atoms. The van der Waals surface area contributed by atoms with Crippen LogP contribution in [0.5, 0.6) is 0 Å². The van der Waals surface area contributed by atoms with Gasteiger partial charge in [-0.1, -0.05) is 0 Å². The zero-order valence-corrected chi connectivity index (χ0v) is 21.9. The highest BCUT2D eigenvalue weighted by molar-refractivity contribution is 7.19. The molecule has 0 bridgehead atoms. The number of benzene rings is 2. The molecule has 0 unspecified atom stereocenters. The molecule has 2 aromatic carbocycles. The Balaban J connectivity index is 0.000000167. The number of hydrogen-bond donors (Lipinski definition) is 6. The van der Waals surface area contributed by atoms with E-state index in [4.69, 9.17) is 34.4 Å². The quantitative estimate of drug-likeness (QED) is 0.194. The molecule has 188 valence electrons. The van der Waals surface area contributed by atoms with Crippen LogP contribution in [0.15, 0.2) is 60.0 Å². The smallest absolute Gasteiger partial charge is 0.180 e. The number of nitrogens with zero attached hydrogens (tertiary/aromatic N) is 2. The molecule has 8 nitrogen and oxygen atoms in total. The van der Waals surface area contributed by atoms with E-state index < -0.39 is 0 Å². The number of nitrogens with two attached hydrogens (primary N) is 6. The van der Waals surface area contributed by atoms with Crippen LogP contribution in [0.1, 0.15) is 24.1 Å². The van der Waals surface area contributed by atoms with Crippen molar-refractivity contribution in [2.45, 2.75) is 26.7 Å². The molecule has 4 aromatic rings. The minimum atomic E-state index is 0.650. The van der Waals surface area contributed by atoms with Crippen molar-refractivity contribution in [2.75, 3.05) is 52.4 Å². The number of rotatable bonds is 1. The fraction of sp³-hybridized carbons (Fsp3) is 0.240. The molecular weight excluding hydrogens is 476 g/mol. The summed E-state index contributed by atoms with van der Waals surface area (Å²) in [6.45, 7) is 6.28. The number of thiophene rings is 1. The van der Waals surface area contributed by atoms with Crippen LogP contribution in [0.2, 0.25) is 0 Å². The van der Waals surface area contributed by atoms with E-state index in [1.165, 1.54) is 42.3 Å². The van der Waals surface area contributed by atoms with Gasteiger partial charge >= 0.3 is 0 Å². The van der Waals surface area contributed by atoms with Crippen molar-refractivity contribution >= 4 is 60.6 Å². The molecule has 0 atom stereocenters. The van der Waals surface area contributed by atoms with Crippen molar-refractivity contribution in [1.29, 1.82) is 0 Å². The van der Waals surface area contributed by atoms with Crippen LogP contribution in [0.3, 0.4) is 0 Å². The molecule has 0 radical (unpaired) electrons. The Kier molecular flexibility index (Phi) is 11.0. The van der Waals surface area contributed by atoms with Gasteiger partial charge in [0, 0.05) is 41.2 Å². The predicted molar refractivity (Wildman–Crippen MR) is 157 cm³/mol. The second kappa shape index (κ2) is 13.9. The molecule has 1 saturated heterocycles. The molecule has 0 aliphatic carbocycles. The van der Waals surface area contributed by atoms with Gasteiger partial charge in [0.25, 0.3) is 0 Å². The van der Waals surface area contributed by atoms with Crippen LogP contribution < -0.4 is 39.3 Å². The largest absolute Gasteiger partial charge is 0.399 e. The number of aryl methyl sites for hydroxylation is 2. The zero-order valence-electron chi connectivity index (χ0n) is 20.3. The van der Waals surface area contributed by atoms with Gasteiger partial charge in [0.15, 0.2) is 5.13 Å². The van der Waals surface area contributed by atoms with Crippen LogP contribution in [0, 0.1) is 13.8 Å². The fourth-order valence-corrected chi connectivity index (χ4v) is 4.38. The summed E-state index contributed by atoms with van der Waals surface area (Å²) in [6.07, 6.45) is 2.66. The Morgan fingerprint density at radius 2 is 1.31 bits per heavy atom. The van der Waals surface area contributed by atoms with E-state index in [1.54, 1.807) is 41.7 Å². The van der Waals surface area contributed by atoms with Gasteiger partial charge in [-0.25, -0.2) is 4.98 Å². The lowest BCUT2D eigenvalue weighted by Gasteiger charge is -2.13. The molecular formula is C25H36N8S2. The normalized spacial score (nSPS) is 11.9. The third-order valence-electron chi connectivity index (χ3n) is 4.90. The number of nitrogen functional groups attached to an aromatic ring is 6. The van der Waals surface area contributed by atoms with Crippen LogP contribution in [-0.2, 0) is 0 Å². The second-order valence-electron chi connectivity index (χ2n) is 7.98. The molecule has 0 spiro atoms. The summed E-state index contributed by atoms with van der Waals surface area (Å²) in [5.74, 6) is 0. The second-order valence-corrected chi connectivity index (χ2v) is 9.96. The topological polar surface area (TPSA) is 172 Å². The molecule has 1 aliphatic heterocycles. The summed E-state index contributed by atoms with van der Waals surface area (Å²) in [7, 11) is 0. The first-order valence-corrected chi connectivity index (χ1v) is 12.8. The van der Waals surface area contributed by atoms with Gasteiger partial charge in [-0.05, 0) is 86.8 Å². The summed E-state index contributed by atoms with van der Waals surface area (Å²) in [5, 5.41) is 4.83. The lowest BCUT2D eigenvalue weighted by molar-refractivity contribution is 0.949. The highest BCUT2D eigenvalue weighted by Gasteiger charge is 2.13. The predicted octanol–water partition coefficient (Wildman–Crippen LogP) is 4.97. The summed E-state index contributed by atoms with van der Waals surface area (Å²) >= 11 is 3.16. The lowest BCUT2D eigenvalue weighted by atomic mass is 10.2. The molecule has 12 N–H and O–H groups in total. The van der Waals surface area contributed by atoms with Crippen molar-refractivity contribution in [2.24, 2.45) is 0 Å². The van der Waals surface area contributed by atoms with Crippen molar-refractivity contribution in [3.05, 3.63) is 71.2 Å². The lowest BCUT2D eigenvalue weighted by Crippen LogP contribution is -2.15. The van der Waals surface area contributed by atoms with Gasteiger partial charge in [0.05, 0.1) is 15.7 Å². The van der Waals surface area contributed by atoms with Crippen molar-refractivity contribution in [3.8, 4) is 0 Å². The molecule has 1 fully saturated rings. The SMILES string of the molecule is Cc1cc(N)ccc1N.Cc1csc(N)n1.Nc1ccc(N)cc1.Nc1ccc(N2CCCC2)s1. The van der Waals surface area contributed by atoms with Crippen LogP contribution in [0.4, 0.5) is 37.9 Å². The van der Waals surface area contributed by atoms with E-state index >= 15 is 0 Å². The molecule has 1 aliphatic rings. The third-order valence-corrected chi connectivity index (χ3v) is 6.66. The van der Waals surface area contributed by atoms with E-state index in [2.05, 4.69) is 16.0 Å². The number of anilines is 7. The number of aromatic nitrogens is 1.